The number of aliphatic carboxylic acids is 1. The van der Waals surface area contributed by atoms with Gasteiger partial charge in [0.25, 0.3) is 0 Å². The third-order valence-electron chi connectivity index (χ3n) is 4.46. The van der Waals surface area contributed by atoms with Crippen LogP contribution in [-0.2, 0) is 4.79 Å². The summed E-state index contributed by atoms with van der Waals surface area (Å²) >= 11 is 5.83. The Morgan fingerprint density at radius 3 is 2.45 bits per heavy atom. The van der Waals surface area contributed by atoms with Gasteiger partial charge in [-0.25, -0.2) is 0 Å². The van der Waals surface area contributed by atoms with E-state index in [-0.39, 0.29) is 0 Å². The topological polar surface area (TPSA) is 81.9 Å². The van der Waals surface area contributed by atoms with Gasteiger partial charge in [-0.1, -0.05) is 16.8 Å². The second-order valence-corrected chi connectivity index (χ2v) is 6.63. The van der Waals surface area contributed by atoms with E-state index in [0.29, 0.717) is 36.0 Å². The number of halogens is 1. The third-order valence-corrected chi connectivity index (χ3v) is 4.71. The molecule has 3 N–H and O–H groups in total. The first kappa shape index (κ1) is 16.6. The van der Waals surface area contributed by atoms with Gasteiger partial charge in [-0.3, -0.25) is 4.79 Å². The number of nitrogens with one attached hydrogen (secondary N) is 1. The lowest BCUT2D eigenvalue weighted by Gasteiger charge is -2.33. The lowest BCUT2D eigenvalue weighted by atomic mass is 9.71. The quantitative estimate of drug-likeness (QED) is 0.335. The highest BCUT2D eigenvalue weighted by Gasteiger charge is 2.37. The fraction of sp³-hybridized carbons (Fsp3) is 0.500. The average molecular weight is 325 g/mol. The first-order chi connectivity index (χ1) is 10.4. The minimum absolute atomic E-state index is 0.332. The summed E-state index contributed by atoms with van der Waals surface area (Å²) in [5.74, 6) is 0.102. The molecule has 1 saturated carbocycles. The minimum atomic E-state index is -0.721. The summed E-state index contributed by atoms with van der Waals surface area (Å²) in [5, 5.41) is 25.5. The van der Waals surface area contributed by atoms with Crippen LogP contribution < -0.4 is 5.32 Å². The van der Waals surface area contributed by atoms with E-state index in [1.165, 1.54) is 0 Å². The summed E-state index contributed by atoms with van der Waals surface area (Å²) in [6.07, 6.45) is 3.57. The van der Waals surface area contributed by atoms with Crippen molar-refractivity contribution >= 4 is 29.1 Å². The van der Waals surface area contributed by atoms with Gasteiger partial charge in [0.1, 0.15) is 5.84 Å². The van der Waals surface area contributed by atoms with Crippen LogP contribution in [0.3, 0.4) is 0 Å². The number of carboxylic acid groups (broad SMARTS) is 1. The molecule has 6 heteroatoms. The van der Waals surface area contributed by atoms with Gasteiger partial charge < -0.3 is 15.6 Å². The zero-order chi connectivity index (χ0) is 16.2. The smallest absolute Gasteiger partial charge is 0.309 e. The summed E-state index contributed by atoms with van der Waals surface area (Å²) in [6.45, 7) is 1.80. The van der Waals surface area contributed by atoms with Crippen LogP contribution in [0.2, 0.25) is 5.02 Å². The molecule has 0 radical (unpaired) electrons. The molecular weight excluding hydrogens is 304 g/mol. The standard InChI is InChI=1S/C16H21ClN2O3/c1-16(15(20)21)8-6-11(7-9-16)10-14(19-22)18-13-4-2-12(17)3-5-13/h2-5,11,22H,6-10H2,1H3,(H,18,19)(H,20,21)/t11-,16+. The van der Waals surface area contributed by atoms with E-state index in [0.717, 1.165) is 18.5 Å². The summed E-state index contributed by atoms with van der Waals surface area (Å²) in [6, 6.07) is 7.15. The molecule has 0 aliphatic heterocycles. The Morgan fingerprint density at radius 1 is 1.36 bits per heavy atom. The third kappa shape index (κ3) is 4.13. The number of nitrogens with zero attached hydrogens (tertiary/aromatic N) is 1. The van der Waals surface area contributed by atoms with Crippen LogP contribution in [0.15, 0.2) is 29.4 Å². The number of oxime groups is 1. The number of benzene rings is 1. The van der Waals surface area contributed by atoms with Crippen molar-refractivity contribution in [1.82, 2.24) is 0 Å². The summed E-state index contributed by atoms with van der Waals surface area (Å²) in [5.41, 5.74) is 0.194. The van der Waals surface area contributed by atoms with Crippen molar-refractivity contribution in [3.63, 3.8) is 0 Å². The molecule has 1 aromatic rings. The van der Waals surface area contributed by atoms with Crippen LogP contribution in [0.25, 0.3) is 0 Å². The van der Waals surface area contributed by atoms with Crippen molar-refractivity contribution in [3.05, 3.63) is 29.3 Å². The maximum Gasteiger partial charge on any atom is 0.309 e. The number of hydrogen-bond donors (Lipinski definition) is 3. The van der Waals surface area contributed by atoms with Crippen LogP contribution in [0.5, 0.6) is 0 Å². The lowest BCUT2D eigenvalue weighted by molar-refractivity contribution is -0.150. The largest absolute Gasteiger partial charge is 0.481 e. The summed E-state index contributed by atoms with van der Waals surface area (Å²) < 4.78 is 0. The molecule has 0 atom stereocenters. The Balaban J connectivity index is 1.89. The molecule has 0 spiro atoms. The van der Waals surface area contributed by atoms with Crippen LogP contribution in [0.1, 0.15) is 39.0 Å². The number of anilines is 1. The highest BCUT2D eigenvalue weighted by molar-refractivity contribution is 6.30. The number of hydrogen-bond acceptors (Lipinski definition) is 3. The van der Waals surface area contributed by atoms with Gasteiger partial charge in [0, 0.05) is 17.1 Å². The Kier molecular flexibility index (Phi) is 5.29. The van der Waals surface area contributed by atoms with E-state index in [1.807, 2.05) is 12.1 Å². The van der Waals surface area contributed by atoms with Crippen LogP contribution >= 0.6 is 11.6 Å². The van der Waals surface area contributed by atoms with Crippen LogP contribution in [0.4, 0.5) is 5.69 Å². The number of carboxylic acids is 1. The molecule has 120 valence electrons. The van der Waals surface area contributed by atoms with E-state index in [9.17, 15) is 9.90 Å². The second-order valence-electron chi connectivity index (χ2n) is 6.19. The van der Waals surface area contributed by atoms with Gasteiger partial charge in [0.2, 0.25) is 0 Å². The first-order valence-electron chi connectivity index (χ1n) is 7.40. The van der Waals surface area contributed by atoms with Gasteiger partial charge >= 0.3 is 5.97 Å². The molecular formula is C16H21ClN2O3. The molecule has 1 aliphatic rings. The van der Waals surface area contributed by atoms with Crippen molar-refractivity contribution < 1.29 is 15.1 Å². The zero-order valence-corrected chi connectivity index (χ0v) is 13.3. The number of carbonyl (C=O) groups is 1. The molecule has 0 bridgehead atoms. The van der Waals surface area contributed by atoms with E-state index in [1.54, 1.807) is 19.1 Å². The summed E-state index contributed by atoms with van der Waals surface area (Å²) in [7, 11) is 0. The normalized spacial score (nSPS) is 25.7. The molecule has 1 aliphatic carbocycles. The fourth-order valence-electron chi connectivity index (χ4n) is 2.82. The zero-order valence-electron chi connectivity index (χ0n) is 12.6. The van der Waals surface area contributed by atoms with Crippen molar-refractivity contribution in [2.24, 2.45) is 16.5 Å². The molecule has 5 nitrogen and oxygen atoms in total. The fourth-order valence-corrected chi connectivity index (χ4v) is 2.95. The molecule has 1 aromatic carbocycles. The molecule has 0 heterocycles. The average Bonchev–Trinajstić information content (AvgIpc) is 2.51. The van der Waals surface area contributed by atoms with Crippen molar-refractivity contribution in [2.75, 3.05) is 5.32 Å². The molecule has 0 aromatic heterocycles. The first-order valence-corrected chi connectivity index (χ1v) is 7.78. The molecule has 0 amide bonds. The Morgan fingerprint density at radius 2 is 1.95 bits per heavy atom. The summed E-state index contributed by atoms with van der Waals surface area (Å²) in [4.78, 5) is 11.2. The Bertz CT molecular complexity index is 549. The molecule has 0 unspecified atom stereocenters. The second kappa shape index (κ2) is 7.01. The lowest BCUT2D eigenvalue weighted by Crippen LogP contribution is -2.33. The molecule has 0 saturated heterocycles. The highest BCUT2D eigenvalue weighted by atomic mass is 35.5. The maximum absolute atomic E-state index is 11.2. The van der Waals surface area contributed by atoms with Gasteiger partial charge in [-0.15, -0.1) is 0 Å². The number of rotatable bonds is 4. The predicted octanol–water partition coefficient (Wildman–Crippen LogP) is 4.21. The van der Waals surface area contributed by atoms with E-state index in [2.05, 4.69) is 10.5 Å². The Labute approximate surface area is 135 Å². The van der Waals surface area contributed by atoms with Gasteiger partial charge in [0.15, 0.2) is 0 Å². The van der Waals surface area contributed by atoms with Crippen LogP contribution in [-0.4, -0.2) is 22.1 Å². The van der Waals surface area contributed by atoms with Crippen molar-refractivity contribution in [1.29, 1.82) is 0 Å². The molecule has 22 heavy (non-hydrogen) atoms. The SMILES string of the molecule is C[C@]1(C(=O)O)CC[C@@H](C/C(=N\O)Nc2ccc(Cl)cc2)CC1. The van der Waals surface area contributed by atoms with Crippen LogP contribution in [0, 0.1) is 11.3 Å². The van der Waals surface area contributed by atoms with Crippen molar-refractivity contribution in [3.8, 4) is 0 Å². The van der Waals surface area contributed by atoms with E-state index >= 15 is 0 Å². The maximum atomic E-state index is 11.2. The highest BCUT2D eigenvalue weighted by Crippen LogP contribution is 2.40. The minimum Gasteiger partial charge on any atom is -0.481 e. The van der Waals surface area contributed by atoms with Crippen molar-refractivity contribution in [2.45, 2.75) is 39.0 Å². The molecule has 1 fully saturated rings. The Hall–Kier alpha value is -1.75. The van der Waals surface area contributed by atoms with Gasteiger partial charge in [0.05, 0.1) is 5.41 Å². The molecule has 2 rings (SSSR count). The monoisotopic (exact) mass is 324 g/mol. The number of amidine groups is 1. The van der Waals surface area contributed by atoms with Gasteiger partial charge in [-0.05, 0) is 62.8 Å². The van der Waals surface area contributed by atoms with Gasteiger partial charge in [-0.2, -0.15) is 0 Å². The predicted molar refractivity (Wildman–Crippen MR) is 86.6 cm³/mol. The van der Waals surface area contributed by atoms with E-state index in [4.69, 9.17) is 16.8 Å². The van der Waals surface area contributed by atoms with E-state index < -0.39 is 11.4 Å².